The number of nitrogens with zero attached hydrogens (tertiary/aromatic N) is 3. The van der Waals surface area contributed by atoms with Gasteiger partial charge in [0.25, 0.3) is 5.56 Å². The maximum Gasteiger partial charge on any atom is 0.323 e. The second-order valence-electron chi connectivity index (χ2n) is 8.58. The molecular weight excluding hydrogens is 432 g/mol. The predicted molar refractivity (Wildman–Crippen MR) is 125 cm³/mol. The zero-order chi connectivity index (χ0) is 22.3. The van der Waals surface area contributed by atoms with Gasteiger partial charge in [0.2, 0.25) is 0 Å². The Morgan fingerprint density at radius 3 is 2.62 bits per heavy atom. The zero-order valence-corrected chi connectivity index (χ0v) is 19.2. The van der Waals surface area contributed by atoms with Crippen molar-refractivity contribution in [2.24, 2.45) is 13.0 Å². The van der Waals surface area contributed by atoms with Crippen molar-refractivity contribution in [3.8, 4) is 11.4 Å². The van der Waals surface area contributed by atoms with Crippen molar-refractivity contribution >= 4 is 29.4 Å². The lowest BCUT2D eigenvalue weighted by atomic mass is 10.1. The number of carboxylic acids is 1. The lowest BCUT2D eigenvalue weighted by Crippen LogP contribution is -2.44. The number of aliphatic carboxylic acids is 1. The lowest BCUT2D eigenvalue weighted by Gasteiger charge is -2.17. The molecule has 1 fully saturated rings. The molecule has 172 valence electrons. The summed E-state index contributed by atoms with van der Waals surface area (Å²) in [6.45, 7) is 4.45. The molecule has 0 radical (unpaired) electrons. The first kappa shape index (κ1) is 24.0. The highest BCUT2D eigenvalue weighted by molar-refractivity contribution is 5.85. The summed E-state index contributed by atoms with van der Waals surface area (Å²) in [7, 11) is 1.75. The molecule has 2 atom stereocenters. The van der Waals surface area contributed by atoms with Crippen molar-refractivity contribution < 1.29 is 15.0 Å². The average molecular weight is 461 g/mol. The molecule has 3 aromatic rings. The van der Waals surface area contributed by atoms with E-state index in [4.69, 9.17) is 4.98 Å². The maximum absolute atomic E-state index is 12.1. The van der Waals surface area contributed by atoms with E-state index in [0.29, 0.717) is 18.0 Å². The molecule has 1 saturated carbocycles. The number of carbonyl (C=O) groups is 1. The molecule has 0 amide bonds. The van der Waals surface area contributed by atoms with E-state index in [1.807, 2.05) is 37.4 Å². The van der Waals surface area contributed by atoms with Gasteiger partial charge in [-0.05, 0) is 56.4 Å². The number of carboxylic acid groups (broad SMARTS) is 1. The number of aromatic nitrogens is 3. The number of nitrogens with one attached hydrogen (secondary N) is 1. The minimum Gasteiger partial charge on any atom is -0.480 e. The number of aryl methyl sites for hydroxylation is 2. The number of hydrogen-bond donors (Lipinski definition) is 3. The Balaban J connectivity index is 0.00000289. The van der Waals surface area contributed by atoms with Crippen LogP contribution in [0.2, 0.25) is 0 Å². The quantitative estimate of drug-likeness (QED) is 0.476. The van der Waals surface area contributed by atoms with Crippen LogP contribution in [0.3, 0.4) is 0 Å². The van der Waals surface area contributed by atoms with Gasteiger partial charge in [-0.3, -0.25) is 14.9 Å². The molecule has 0 aliphatic heterocycles. The van der Waals surface area contributed by atoms with Gasteiger partial charge in [0.15, 0.2) is 0 Å². The molecule has 0 unspecified atom stereocenters. The average Bonchev–Trinajstić information content (AvgIpc) is 3.46. The van der Waals surface area contributed by atoms with Gasteiger partial charge in [-0.2, -0.15) is 0 Å². The van der Waals surface area contributed by atoms with Gasteiger partial charge in [0.1, 0.15) is 11.9 Å². The fourth-order valence-corrected chi connectivity index (χ4v) is 3.93. The summed E-state index contributed by atoms with van der Waals surface area (Å²) in [5.74, 6) is 0.374. The molecule has 9 heteroatoms. The minimum absolute atomic E-state index is 0. The lowest BCUT2D eigenvalue weighted by molar-refractivity contribution is -0.142. The highest BCUT2D eigenvalue weighted by atomic mass is 35.5. The Bertz CT molecular complexity index is 1170. The third-order valence-corrected chi connectivity index (χ3v) is 5.85. The second kappa shape index (κ2) is 9.44. The van der Waals surface area contributed by atoms with Crippen LogP contribution in [0.25, 0.3) is 22.4 Å². The number of aliphatic hydroxyl groups is 1. The third-order valence-electron chi connectivity index (χ3n) is 5.85. The van der Waals surface area contributed by atoms with Gasteiger partial charge in [0.05, 0.1) is 17.1 Å². The SMILES string of the molecule is Cc1cc(-c2nc3ccc(CN[C@H](C(=O)O)[C@@H](C)O)cc3n2CC2CC2)cn(C)c1=O.Cl. The number of benzene rings is 1. The zero-order valence-electron chi connectivity index (χ0n) is 18.4. The first-order valence-electron chi connectivity index (χ1n) is 10.6. The number of fused-ring (bicyclic) bond motifs is 1. The highest BCUT2D eigenvalue weighted by Gasteiger charge is 2.26. The summed E-state index contributed by atoms with van der Waals surface area (Å²) in [6, 6.07) is 6.73. The largest absolute Gasteiger partial charge is 0.480 e. The Morgan fingerprint density at radius 2 is 2.03 bits per heavy atom. The van der Waals surface area contributed by atoms with Crippen LogP contribution >= 0.6 is 12.4 Å². The summed E-state index contributed by atoms with van der Waals surface area (Å²) >= 11 is 0. The molecule has 1 aliphatic carbocycles. The number of imidazole rings is 1. The van der Waals surface area contributed by atoms with Crippen LogP contribution in [0.15, 0.2) is 35.3 Å². The van der Waals surface area contributed by atoms with Crippen molar-refractivity contribution in [1.82, 2.24) is 19.4 Å². The van der Waals surface area contributed by atoms with Crippen molar-refractivity contribution in [3.63, 3.8) is 0 Å². The Hall–Kier alpha value is -2.68. The van der Waals surface area contributed by atoms with Crippen molar-refractivity contribution in [2.75, 3.05) is 0 Å². The summed E-state index contributed by atoms with van der Waals surface area (Å²) < 4.78 is 3.79. The smallest absolute Gasteiger partial charge is 0.323 e. The molecule has 32 heavy (non-hydrogen) atoms. The predicted octanol–water partition coefficient (Wildman–Crippen LogP) is 2.47. The van der Waals surface area contributed by atoms with Crippen LogP contribution < -0.4 is 10.9 Å². The Labute approximate surface area is 192 Å². The van der Waals surface area contributed by atoms with E-state index in [0.717, 1.165) is 34.5 Å². The summed E-state index contributed by atoms with van der Waals surface area (Å²) in [5.41, 5.74) is 4.31. The maximum atomic E-state index is 12.1. The number of rotatable bonds is 8. The highest BCUT2D eigenvalue weighted by Crippen LogP contribution is 2.34. The van der Waals surface area contributed by atoms with E-state index < -0.39 is 18.1 Å². The fraction of sp³-hybridized carbons (Fsp3) is 0.435. The molecule has 2 aromatic heterocycles. The molecule has 0 saturated heterocycles. The summed E-state index contributed by atoms with van der Waals surface area (Å²) in [4.78, 5) is 28.3. The number of aliphatic hydroxyl groups excluding tert-OH is 1. The molecule has 4 rings (SSSR count). The van der Waals surface area contributed by atoms with Gasteiger partial charge in [0, 0.05) is 37.5 Å². The van der Waals surface area contributed by atoms with Crippen LogP contribution in [-0.2, 0) is 24.9 Å². The van der Waals surface area contributed by atoms with Gasteiger partial charge in [-0.25, -0.2) is 4.98 Å². The summed E-state index contributed by atoms with van der Waals surface area (Å²) in [6.07, 6.45) is 3.21. The van der Waals surface area contributed by atoms with Crippen LogP contribution in [0.4, 0.5) is 0 Å². The van der Waals surface area contributed by atoms with Gasteiger partial charge >= 0.3 is 5.97 Å². The van der Waals surface area contributed by atoms with E-state index in [-0.39, 0.29) is 18.0 Å². The van der Waals surface area contributed by atoms with Gasteiger partial charge in [-0.15, -0.1) is 12.4 Å². The van der Waals surface area contributed by atoms with E-state index in [2.05, 4.69) is 9.88 Å². The monoisotopic (exact) mass is 460 g/mol. The standard InChI is InChI=1S/C23H28N4O4.ClH/c1-13-8-17(12-26(3)22(13)29)21-25-18-7-6-16(10-24-20(14(2)28)23(30)31)9-19(18)27(21)11-15-4-5-15;/h6-9,12,14-15,20,24,28H,4-5,10-11H2,1-3H3,(H,30,31);1H/t14-,20+;/m1./s1. The van der Waals surface area contributed by atoms with E-state index in [9.17, 15) is 19.8 Å². The van der Waals surface area contributed by atoms with Crippen LogP contribution in [0.5, 0.6) is 0 Å². The van der Waals surface area contributed by atoms with Gasteiger partial charge < -0.3 is 19.3 Å². The van der Waals surface area contributed by atoms with Gasteiger partial charge in [-0.1, -0.05) is 6.07 Å². The van der Waals surface area contributed by atoms with E-state index >= 15 is 0 Å². The van der Waals surface area contributed by atoms with Crippen molar-refractivity contribution in [1.29, 1.82) is 0 Å². The third kappa shape index (κ3) is 4.87. The molecule has 1 aromatic carbocycles. The Kier molecular flexibility index (Phi) is 7.07. The number of pyridine rings is 1. The molecule has 0 spiro atoms. The van der Waals surface area contributed by atoms with Crippen LogP contribution in [-0.4, -0.2) is 42.4 Å². The molecule has 1 aliphatic rings. The Morgan fingerprint density at radius 1 is 1.31 bits per heavy atom. The van der Waals surface area contributed by atoms with Crippen LogP contribution in [0.1, 0.15) is 30.9 Å². The second-order valence-corrected chi connectivity index (χ2v) is 8.58. The van der Waals surface area contributed by atoms with Crippen molar-refractivity contribution in [2.45, 2.75) is 51.9 Å². The van der Waals surface area contributed by atoms with E-state index in [1.54, 1.807) is 11.6 Å². The molecular formula is C23H29ClN4O4. The minimum atomic E-state index is -1.08. The first-order valence-corrected chi connectivity index (χ1v) is 10.6. The molecule has 2 heterocycles. The first-order chi connectivity index (χ1) is 14.7. The fourth-order valence-electron chi connectivity index (χ4n) is 3.93. The number of hydrogen-bond acceptors (Lipinski definition) is 5. The topological polar surface area (TPSA) is 109 Å². The van der Waals surface area contributed by atoms with Crippen molar-refractivity contribution in [3.05, 3.63) is 51.9 Å². The molecule has 3 N–H and O–H groups in total. The molecule has 0 bridgehead atoms. The number of halogens is 1. The summed E-state index contributed by atoms with van der Waals surface area (Å²) in [5, 5.41) is 21.9. The van der Waals surface area contributed by atoms with Crippen LogP contribution in [0, 0.1) is 12.8 Å². The van der Waals surface area contributed by atoms with E-state index in [1.165, 1.54) is 19.8 Å². The molecule has 8 nitrogen and oxygen atoms in total. The normalized spacial score (nSPS) is 15.4.